The number of sulfonamides is 1. The smallest absolute Gasteiger partial charge is 0.337 e. The van der Waals surface area contributed by atoms with Crippen LogP contribution in [0, 0.1) is 6.92 Å². The molecule has 0 aliphatic heterocycles. The van der Waals surface area contributed by atoms with Gasteiger partial charge < -0.3 is 9.84 Å². The number of hydrogen-bond acceptors (Lipinski definition) is 5. The Balaban J connectivity index is 2.23. The zero-order valence-corrected chi connectivity index (χ0v) is 18.4. The van der Waals surface area contributed by atoms with E-state index in [4.69, 9.17) is 4.74 Å². The highest BCUT2D eigenvalue weighted by atomic mass is 32.2. The van der Waals surface area contributed by atoms with Crippen molar-refractivity contribution in [1.82, 2.24) is 4.98 Å². The summed E-state index contributed by atoms with van der Waals surface area (Å²) in [4.78, 5) is 16.2. The zero-order chi connectivity index (χ0) is 22.6. The molecule has 31 heavy (non-hydrogen) atoms. The number of pyridine rings is 1. The Morgan fingerprint density at radius 1 is 1.13 bits per heavy atom. The molecule has 0 unspecified atom stereocenters. The minimum absolute atomic E-state index is 0.0347. The van der Waals surface area contributed by atoms with E-state index in [1.807, 2.05) is 13.0 Å². The van der Waals surface area contributed by atoms with Crippen molar-refractivity contribution in [2.45, 2.75) is 31.7 Å². The van der Waals surface area contributed by atoms with E-state index in [2.05, 4.69) is 4.98 Å². The summed E-state index contributed by atoms with van der Waals surface area (Å²) in [6.45, 7) is 3.58. The molecule has 0 amide bonds. The molecule has 0 aliphatic rings. The molecular formula is C23H24N2O5S. The molecule has 0 saturated heterocycles. The molecular weight excluding hydrogens is 416 g/mol. The molecule has 7 nitrogen and oxygen atoms in total. The maximum absolute atomic E-state index is 13.7. The molecule has 1 aromatic heterocycles. The molecule has 0 bridgehead atoms. The number of aromatic nitrogens is 1. The van der Waals surface area contributed by atoms with Gasteiger partial charge in [0.25, 0.3) is 10.0 Å². The normalized spacial score (nSPS) is 11.2. The second kappa shape index (κ2) is 9.18. The third kappa shape index (κ3) is 4.69. The highest BCUT2D eigenvalue weighted by Crippen LogP contribution is 2.34. The van der Waals surface area contributed by atoms with Crippen molar-refractivity contribution in [3.8, 4) is 5.75 Å². The number of anilines is 1. The fourth-order valence-electron chi connectivity index (χ4n) is 3.37. The molecule has 3 aromatic rings. The Labute approximate surface area is 182 Å². The van der Waals surface area contributed by atoms with E-state index in [1.165, 1.54) is 25.3 Å². The van der Waals surface area contributed by atoms with E-state index in [9.17, 15) is 18.3 Å². The number of aromatic carboxylic acids is 1. The molecule has 0 atom stereocenters. The van der Waals surface area contributed by atoms with Gasteiger partial charge in [-0.25, -0.2) is 13.2 Å². The molecule has 0 fully saturated rings. The van der Waals surface area contributed by atoms with Crippen LogP contribution in [0.2, 0.25) is 0 Å². The maximum Gasteiger partial charge on any atom is 0.337 e. The van der Waals surface area contributed by atoms with Crippen molar-refractivity contribution in [2.75, 3.05) is 11.4 Å². The minimum atomic E-state index is -4.09. The van der Waals surface area contributed by atoms with Crippen molar-refractivity contribution in [2.24, 2.45) is 0 Å². The van der Waals surface area contributed by atoms with Gasteiger partial charge in [-0.2, -0.15) is 0 Å². The van der Waals surface area contributed by atoms with E-state index < -0.39 is 16.0 Å². The number of benzene rings is 2. The summed E-state index contributed by atoms with van der Waals surface area (Å²) in [5, 5.41) is 9.88. The van der Waals surface area contributed by atoms with Crippen LogP contribution in [0.1, 0.15) is 34.0 Å². The first-order valence-corrected chi connectivity index (χ1v) is 11.1. The number of nitrogens with zero attached hydrogens (tertiary/aromatic N) is 2. The predicted octanol–water partition coefficient (Wildman–Crippen LogP) is 4.05. The topological polar surface area (TPSA) is 96.8 Å². The van der Waals surface area contributed by atoms with Gasteiger partial charge in [-0.15, -0.1) is 0 Å². The van der Waals surface area contributed by atoms with Crippen LogP contribution in [-0.2, 0) is 23.0 Å². The lowest BCUT2D eigenvalue weighted by molar-refractivity contribution is 0.0697. The van der Waals surface area contributed by atoms with E-state index in [-0.39, 0.29) is 22.7 Å². The Hall–Kier alpha value is -3.39. The van der Waals surface area contributed by atoms with Crippen molar-refractivity contribution < 1.29 is 23.1 Å². The van der Waals surface area contributed by atoms with E-state index in [0.29, 0.717) is 23.3 Å². The third-order valence-corrected chi connectivity index (χ3v) is 6.70. The summed E-state index contributed by atoms with van der Waals surface area (Å²) < 4.78 is 33.6. The summed E-state index contributed by atoms with van der Waals surface area (Å²) in [7, 11) is -2.59. The number of ether oxygens (including phenoxy) is 1. The highest BCUT2D eigenvalue weighted by Gasteiger charge is 2.30. The monoisotopic (exact) mass is 440 g/mol. The van der Waals surface area contributed by atoms with Crippen molar-refractivity contribution in [1.29, 1.82) is 0 Å². The molecule has 2 aromatic carbocycles. The highest BCUT2D eigenvalue weighted by molar-refractivity contribution is 7.92. The van der Waals surface area contributed by atoms with E-state index in [0.717, 1.165) is 9.87 Å². The Kier molecular flexibility index (Phi) is 6.60. The van der Waals surface area contributed by atoms with Gasteiger partial charge in [0.1, 0.15) is 5.75 Å². The summed E-state index contributed by atoms with van der Waals surface area (Å²) >= 11 is 0. The van der Waals surface area contributed by atoms with Crippen LogP contribution in [0.3, 0.4) is 0 Å². The van der Waals surface area contributed by atoms with E-state index in [1.54, 1.807) is 43.6 Å². The van der Waals surface area contributed by atoms with Crippen LogP contribution in [-0.4, -0.2) is 31.6 Å². The molecule has 1 N–H and O–H groups in total. The van der Waals surface area contributed by atoms with Crippen LogP contribution in [0.15, 0.2) is 65.8 Å². The fourth-order valence-corrected chi connectivity index (χ4v) is 4.91. The molecule has 162 valence electrons. The molecule has 0 aliphatic carbocycles. The lowest BCUT2D eigenvalue weighted by Crippen LogP contribution is -2.32. The van der Waals surface area contributed by atoms with Gasteiger partial charge in [-0.1, -0.05) is 19.1 Å². The number of carboxylic acids is 1. The largest absolute Gasteiger partial charge is 0.497 e. The quantitative estimate of drug-likeness (QED) is 0.568. The summed E-state index contributed by atoms with van der Waals surface area (Å²) in [6, 6.07) is 12.8. The molecule has 0 saturated carbocycles. The van der Waals surface area contributed by atoms with Gasteiger partial charge in [-0.3, -0.25) is 9.29 Å². The lowest BCUT2D eigenvalue weighted by Gasteiger charge is -2.28. The molecule has 1 heterocycles. The number of aryl methyl sites for hydroxylation is 2. The summed E-state index contributed by atoms with van der Waals surface area (Å²) in [5.41, 5.74) is 2.11. The number of carbonyl (C=O) groups is 1. The average Bonchev–Trinajstić information content (AvgIpc) is 2.77. The first-order valence-electron chi connectivity index (χ1n) is 9.70. The standard InChI is InChI=1S/C23H24N2O5S/c1-4-17-12-16(2)22(21(13-17)23(26)27)25(15-18-6-5-11-24-14-18)31(28,29)20-9-7-19(30-3)8-10-20/h5-14H,4,15H2,1-3H3,(H,26,27). The molecule has 3 rings (SSSR count). The lowest BCUT2D eigenvalue weighted by atomic mass is 10.0. The van der Waals surface area contributed by atoms with Gasteiger partial charge >= 0.3 is 5.97 Å². The minimum Gasteiger partial charge on any atom is -0.497 e. The maximum atomic E-state index is 13.7. The molecule has 8 heteroatoms. The van der Waals surface area contributed by atoms with Crippen molar-refractivity contribution in [3.05, 3.63) is 83.2 Å². The molecule has 0 radical (unpaired) electrons. The SMILES string of the molecule is CCc1cc(C)c(N(Cc2cccnc2)S(=O)(=O)c2ccc(OC)cc2)c(C(=O)O)c1. The summed E-state index contributed by atoms with van der Waals surface area (Å²) in [6.07, 6.45) is 3.79. The van der Waals surface area contributed by atoms with Gasteiger partial charge in [0.15, 0.2) is 0 Å². The first-order chi connectivity index (χ1) is 14.8. The van der Waals surface area contributed by atoms with Gasteiger partial charge in [0.2, 0.25) is 0 Å². The van der Waals surface area contributed by atoms with Gasteiger partial charge in [0.05, 0.1) is 29.8 Å². The van der Waals surface area contributed by atoms with Crippen LogP contribution >= 0.6 is 0 Å². The van der Waals surface area contributed by atoms with Gasteiger partial charge in [0, 0.05) is 12.4 Å². The average molecular weight is 441 g/mol. The molecule has 0 spiro atoms. The zero-order valence-electron chi connectivity index (χ0n) is 17.6. The van der Waals surface area contributed by atoms with Gasteiger partial charge in [-0.05, 0) is 66.4 Å². The first kappa shape index (κ1) is 22.3. The number of rotatable bonds is 8. The number of hydrogen-bond donors (Lipinski definition) is 1. The second-order valence-corrected chi connectivity index (χ2v) is 8.88. The van der Waals surface area contributed by atoms with E-state index >= 15 is 0 Å². The Bertz CT molecular complexity index is 1180. The fraction of sp³-hybridized carbons (Fsp3) is 0.217. The second-order valence-electron chi connectivity index (χ2n) is 7.02. The van der Waals surface area contributed by atoms with Crippen molar-refractivity contribution in [3.63, 3.8) is 0 Å². The van der Waals surface area contributed by atoms with Crippen LogP contribution in [0.4, 0.5) is 5.69 Å². The number of carboxylic acid groups (broad SMARTS) is 1. The third-order valence-electron chi connectivity index (χ3n) is 4.94. The summed E-state index contributed by atoms with van der Waals surface area (Å²) in [5.74, 6) is -0.665. The Morgan fingerprint density at radius 3 is 2.39 bits per heavy atom. The van der Waals surface area contributed by atoms with Crippen LogP contribution < -0.4 is 9.04 Å². The van der Waals surface area contributed by atoms with Crippen molar-refractivity contribution >= 4 is 21.7 Å². The van der Waals surface area contributed by atoms with Crippen LogP contribution in [0.5, 0.6) is 5.75 Å². The Morgan fingerprint density at radius 2 is 1.84 bits per heavy atom. The predicted molar refractivity (Wildman–Crippen MR) is 118 cm³/mol. The van der Waals surface area contributed by atoms with Crippen LogP contribution in [0.25, 0.3) is 0 Å². The number of methoxy groups -OCH3 is 1.